The largest absolute Gasteiger partial charge is 0.478 e. The van der Waals surface area contributed by atoms with E-state index in [1.165, 1.54) is 0 Å². The first-order chi connectivity index (χ1) is 16.4. The number of nitrogens with zero attached hydrogens (tertiary/aromatic N) is 3. The van der Waals surface area contributed by atoms with Gasteiger partial charge in [-0.3, -0.25) is 4.79 Å². The van der Waals surface area contributed by atoms with Gasteiger partial charge in [0.25, 0.3) is 0 Å². The minimum Gasteiger partial charge on any atom is -0.478 e. The van der Waals surface area contributed by atoms with E-state index in [2.05, 4.69) is 23.9 Å². The fourth-order valence-corrected chi connectivity index (χ4v) is 3.88. The van der Waals surface area contributed by atoms with Crippen molar-refractivity contribution in [3.63, 3.8) is 0 Å². The second kappa shape index (κ2) is 10.3. The molecule has 0 saturated heterocycles. The third kappa shape index (κ3) is 5.46. The topological polar surface area (TPSA) is 85.1 Å². The van der Waals surface area contributed by atoms with E-state index < -0.39 is 5.97 Å². The molecule has 6 nitrogen and oxygen atoms in total. The molecular weight excluding hydrogens is 426 g/mol. The number of carbonyl (C=O) groups excluding carboxylic acids is 1. The average molecular weight is 454 g/mol. The molecule has 0 fully saturated rings. The van der Waals surface area contributed by atoms with Crippen LogP contribution < -0.4 is 0 Å². The number of ketones is 1. The predicted octanol–water partition coefficient (Wildman–Crippen LogP) is 5.32. The van der Waals surface area contributed by atoms with Gasteiger partial charge in [0.2, 0.25) is 11.6 Å². The Hall–Kier alpha value is -4.06. The Morgan fingerprint density at radius 1 is 0.882 bits per heavy atom. The SMILES string of the molecule is CC(C)Cc1nc(C(=O)Cc2ccccc2)nn1Cc1ccc(-c2ccccc2C(=O)O)cc1. The van der Waals surface area contributed by atoms with Gasteiger partial charge in [-0.25, -0.2) is 14.5 Å². The lowest BCUT2D eigenvalue weighted by Crippen LogP contribution is -2.10. The van der Waals surface area contributed by atoms with E-state index >= 15 is 0 Å². The van der Waals surface area contributed by atoms with Crippen LogP contribution in [0.1, 0.15) is 51.8 Å². The van der Waals surface area contributed by atoms with Crippen LogP contribution in [0.2, 0.25) is 0 Å². The summed E-state index contributed by atoms with van der Waals surface area (Å²) in [6.07, 6.45) is 0.985. The van der Waals surface area contributed by atoms with Gasteiger partial charge in [-0.05, 0) is 34.2 Å². The van der Waals surface area contributed by atoms with Crippen LogP contribution in [-0.2, 0) is 19.4 Å². The summed E-state index contributed by atoms with van der Waals surface area (Å²) in [4.78, 5) is 29.0. The molecule has 0 spiro atoms. The molecule has 0 atom stereocenters. The fourth-order valence-electron chi connectivity index (χ4n) is 3.88. The van der Waals surface area contributed by atoms with Gasteiger partial charge in [-0.1, -0.05) is 86.6 Å². The number of hydrogen-bond donors (Lipinski definition) is 1. The lowest BCUT2D eigenvalue weighted by molar-refractivity contribution is 0.0697. The Bertz CT molecular complexity index is 1290. The summed E-state index contributed by atoms with van der Waals surface area (Å²) in [5, 5.41) is 14.0. The molecule has 34 heavy (non-hydrogen) atoms. The first-order valence-electron chi connectivity index (χ1n) is 11.3. The van der Waals surface area contributed by atoms with Crippen LogP contribution in [0.25, 0.3) is 11.1 Å². The van der Waals surface area contributed by atoms with E-state index in [0.717, 1.165) is 28.9 Å². The third-order valence-corrected chi connectivity index (χ3v) is 5.55. The molecule has 0 saturated carbocycles. The number of aromatic nitrogens is 3. The molecule has 0 aliphatic heterocycles. The van der Waals surface area contributed by atoms with Crippen LogP contribution in [0.3, 0.4) is 0 Å². The first kappa shape index (κ1) is 23.1. The van der Waals surface area contributed by atoms with Crippen molar-refractivity contribution >= 4 is 11.8 Å². The van der Waals surface area contributed by atoms with Crippen molar-refractivity contribution in [1.82, 2.24) is 14.8 Å². The van der Waals surface area contributed by atoms with Gasteiger partial charge in [-0.15, -0.1) is 5.10 Å². The molecule has 3 aromatic carbocycles. The number of rotatable bonds is 9. The Morgan fingerprint density at radius 2 is 1.56 bits per heavy atom. The van der Waals surface area contributed by atoms with Crippen LogP contribution >= 0.6 is 0 Å². The second-order valence-corrected chi connectivity index (χ2v) is 8.74. The summed E-state index contributed by atoms with van der Waals surface area (Å²) >= 11 is 0. The molecule has 1 heterocycles. The average Bonchev–Trinajstić information content (AvgIpc) is 3.22. The van der Waals surface area contributed by atoms with E-state index in [9.17, 15) is 14.7 Å². The van der Waals surface area contributed by atoms with E-state index in [-0.39, 0.29) is 23.6 Å². The number of carboxylic acids is 1. The van der Waals surface area contributed by atoms with E-state index in [4.69, 9.17) is 0 Å². The number of carbonyl (C=O) groups is 2. The summed E-state index contributed by atoms with van der Waals surface area (Å²) in [7, 11) is 0. The van der Waals surface area contributed by atoms with Crippen molar-refractivity contribution in [1.29, 1.82) is 0 Å². The minimum absolute atomic E-state index is 0.101. The Morgan fingerprint density at radius 3 is 2.24 bits per heavy atom. The maximum atomic E-state index is 12.8. The molecule has 0 bridgehead atoms. The number of carboxylic acid groups (broad SMARTS) is 1. The highest BCUT2D eigenvalue weighted by atomic mass is 16.4. The molecular formula is C28H27N3O3. The second-order valence-electron chi connectivity index (χ2n) is 8.74. The zero-order valence-corrected chi connectivity index (χ0v) is 19.3. The standard InChI is InChI=1S/C28H27N3O3/c1-19(2)16-26-29-27(25(32)17-20-8-4-3-5-9-20)30-31(26)18-21-12-14-22(15-13-21)23-10-6-7-11-24(23)28(33)34/h3-15,19H,16-18H2,1-2H3,(H,33,34). The Kier molecular flexibility index (Phi) is 6.97. The molecule has 0 aliphatic carbocycles. The third-order valence-electron chi connectivity index (χ3n) is 5.55. The number of hydrogen-bond acceptors (Lipinski definition) is 4. The molecule has 0 unspecified atom stereocenters. The molecule has 6 heteroatoms. The maximum Gasteiger partial charge on any atom is 0.336 e. The van der Waals surface area contributed by atoms with Gasteiger partial charge in [0.05, 0.1) is 12.1 Å². The van der Waals surface area contributed by atoms with Gasteiger partial charge in [-0.2, -0.15) is 0 Å². The minimum atomic E-state index is -0.951. The van der Waals surface area contributed by atoms with Crippen LogP contribution in [-0.4, -0.2) is 31.6 Å². The van der Waals surface area contributed by atoms with E-state index in [1.807, 2.05) is 60.7 Å². The molecule has 1 aromatic heterocycles. The highest BCUT2D eigenvalue weighted by Gasteiger charge is 2.18. The molecule has 0 aliphatic rings. The molecule has 4 rings (SSSR count). The number of Topliss-reactive ketones (excluding diaryl/α,β-unsaturated/α-hetero) is 1. The molecule has 0 amide bonds. The highest BCUT2D eigenvalue weighted by Crippen LogP contribution is 2.24. The van der Waals surface area contributed by atoms with Crippen molar-refractivity contribution < 1.29 is 14.7 Å². The lowest BCUT2D eigenvalue weighted by Gasteiger charge is -2.10. The van der Waals surface area contributed by atoms with E-state index in [0.29, 0.717) is 18.0 Å². The van der Waals surface area contributed by atoms with Gasteiger partial charge in [0.15, 0.2) is 0 Å². The van der Waals surface area contributed by atoms with Crippen molar-refractivity contribution in [3.05, 3.63) is 107 Å². The molecule has 4 aromatic rings. The quantitative estimate of drug-likeness (QED) is 0.347. The van der Waals surface area contributed by atoms with Crippen molar-refractivity contribution in [3.8, 4) is 11.1 Å². The Balaban J connectivity index is 1.57. The van der Waals surface area contributed by atoms with Gasteiger partial charge in [0, 0.05) is 12.8 Å². The van der Waals surface area contributed by atoms with Crippen LogP contribution in [0, 0.1) is 5.92 Å². The predicted molar refractivity (Wildman–Crippen MR) is 131 cm³/mol. The first-order valence-corrected chi connectivity index (χ1v) is 11.3. The normalized spacial score (nSPS) is 11.0. The van der Waals surface area contributed by atoms with Crippen molar-refractivity contribution in [2.24, 2.45) is 5.92 Å². The summed E-state index contributed by atoms with van der Waals surface area (Å²) in [5.74, 6) is 0.344. The summed E-state index contributed by atoms with van der Waals surface area (Å²) in [6.45, 7) is 4.70. The van der Waals surface area contributed by atoms with Crippen molar-refractivity contribution in [2.75, 3.05) is 0 Å². The number of aromatic carboxylic acids is 1. The van der Waals surface area contributed by atoms with Crippen molar-refractivity contribution in [2.45, 2.75) is 33.2 Å². The fraction of sp³-hybridized carbons (Fsp3) is 0.214. The van der Waals surface area contributed by atoms with Gasteiger partial charge < -0.3 is 5.11 Å². The number of benzene rings is 3. The summed E-state index contributed by atoms with van der Waals surface area (Å²) < 4.78 is 1.80. The smallest absolute Gasteiger partial charge is 0.336 e. The highest BCUT2D eigenvalue weighted by molar-refractivity contribution is 5.96. The zero-order chi connectivity index (χ0) is 24.1. The van der Waals surface area contributed by atoms with Crippen LogP contribution in [0.15, 0.2) is 78.9 Å². The molecule has 172 valence electrons. The maximum absolute atomic E-state index is 12.8. The lowest BCUT2D eigenvalue weighted by atomic mass is 9.99. The monoisotopic (exact) mass is 453 g/mol. The Labute approximate surface area is 198 Å². The summed E-state index contributed by atoms with van der Waals surface area (Å²) in [5.41, 5.74) is 3.71. The van der Waals surface area contributed by atoms with Crippen LogP contribution in [0.5, 0.6) is 0 Å². The zero-order valence-electron chi connectivity index (χ0n) is 19.3. The summed E-state index contributed by atoms with van der Waals surface area (Å²) in [6, 6.07) is 24.3. The molecule has 1 N–H and O–H groups in total. The molecule has 0 radical (unpaired) electrons. The van der Waals surface area contributed by atoms with Gasteiger partial charge >= 0.3 is 5.97 Å². The van der Waals surface area contributed by atoms with Gasteiger partial charge in [0.1, 0.15) is 5.82 Å². The van der Waals surface area contributed by atoms with Crippen LogP contribution in [0.4, 0.5) is 0 Å². The van der Waals surface area contributed by atoms with E-state index in [1.54, 1.807) is 22.9 Å².